The van der Waals surface area contributed by atoms with Gasteiger partial charge in [0.25, 0.3) is 0 Å². The number of ether oxygens (including phenoxy) is 1. The number of hydrogen-bond acceptors (Lipinski definition) is 5. The summed E-state index contributed by atoms with van der Waals surface area (Å²) in [5.41, 5.74) is 1.08. The second-order valence-electron chi connectivity index (χ2n) is 9.24. The molecule has 9 heteroatoms. The van der Waals surface area contributed by atoms with Crippen LogP contribution in [0.4, 0.5) is 0 Å². The van der Waals surface area contributed by atoms with E-state index >= 15 is 0 Å². The number of rotatable bonds is 9. The lowest BCUT2D eigenvalue weighted by atomic mass is 9.96. The first-order valence-electron chi connectivity index (χ1n) is 12.4. The standard InChI is InChI=1S/C26H34ClN3O4S/c27-25-9-3-2-7-21(25)19-29-15-6-8-22(20-29)26(31)28-14-18-34-23-10-12-24(13-11-23)35(32,33)30-16-4-1-5-17-30/h2-3,7,9-13,22H,1,4-6,8,14-20H2,(H,28,31)/t22-/m1/s1. The third kappa shape index (κ3) is 6.97. The van der Waals surface area contributed by atoms with Gasteiger partial charge in [-0.3, -0.25) is 9.69 Å². The number of nitrogens with one attached hydrogen (secondary N) is 1. The number of sulfonamides is 1. The fourth-order valence-corrected chi connectivity index (χ4v) is 6.44. The van der Waals surface area contributed by atoms with Gasteiger partial charge in [0, 0.05) is 31.2 Å². The molecule has 0 spiro atoms. The van der Waals surface area contributed by atoms with Crippen molar-refractivity contribution in [3.63, 3.8) is 0 Å². The van der Waals surface area contributed by atoms with Gasteiger partial charge in [0.1, 0.15) is 12.4 Å². The van der Waals surface area contributed by atoms with Crippen molar-refractivity contribution in [3.05, 3.63) is 59.1 Å². The molecule has 0 bridgehead atoms. The molecule has 2 fully saturated rings. The van der Waals surface area contributed by atoms with Crippen LogP contribution >= 0.6 is 11.6 Å². The van der Waals surface area contributed by atoms with Crippen molar-refractivity contribution in [1.82, 2.24) is 14.5 Å². The van der Waals surface area contributed by atoms with E-state index in [1.54, 1.807) is 28.6 Å². The maximum absolute atomic E-state index is 12.8. The Hall–Kier alpha value is -2.13. The van der Waals surface area contributed by atoms with Gasteiger partial charge in [-0.15, -0.1) is 0 Å². The molecular weight excluding hydrogens is 486 g/mol. The summed E-state index contributed by atoms with van der Waals surface area (Å²) in [6.45, 7) is 4.30. The number of amides is 1. The highest BCUT2D eigenvalue weighted by Gasteiger charge is 2.27. The van der Waals surface area contributed by atoms with E-state index < -0.39 is 10.0 Å². The number of halogens is 1. The van der Waals surface area contributed by atoms with E-state index in [1.165, 1.54) is 0 Å². The first-order valence-corrected chi connectivity index (χ1v) is 14.2. The highest BCUT2D eigenvalue weighted by Crippen LogP contribution is 2.24. The summed E-state index contributed by atoms with van der Waals surface area (Å²) in [6.07, 6.45) is 4.75. The van der Waals surface area contributed by atoms with Crippen LogP contribution in [0.25, 0.3) is 0 Å². The molecule has 2 aliphatic heterocycles. The number of carbonyl (C=O) groups excluding carboxylic acids is 1. The Labute approximate surface area is 213 Å². The van der Waals surface area contributed by atoms with E-state index in [4.69, 9.17) is 16.3 Å². The van der Waals surface area contributed by atoms with Crippen LogP contribution in [0.15, 0.2) is 53.4 Å². The normalized spacial score (nSPS) is 19.9. The zero-order valence-electron chi connectivity index (χ0n) is 20.0. The van der Waals surface area contributed by atoms with Crippen LogP contribution in [-0.2, 0) is 21.4 Å². The molecule has 1 N–H and O–H groups in total. The SMILES string of the molecule is O=C(NCCOc1ccc(S(=O)(=O)N2CCCCC2)cc1)[C@@H]1CCCN(Cc2ccccc2Cl)C1. The summed E-state index contributed by atoms with van der Waals surface area (Å²) in [6, 6.07) is 14.4. The lowest BCUT2D eigenvalue weighted by molar-refractivity contribution is -0.126. The summed E-state index contributed by atoms with van der Waals surface area (Å²) in [4.78, 5) is 15.3. The Kier molecular flexibility index (Phi) is 9.05. The van der Waals surface area contributed by atoms with Gasteiger partial charge in [0.2, 0.25) is 15.9 Å². The van der Waals surface area contributed by atoms with Crippen LogP contribution < -0.4 is 10.1 Å². The van der Waals surface area contributed by atoms with Crippen molar-refractivity contribution in [2.75, 3.05) is 39.3 Å². The maximum Gasteiger partial charge on any atom is 0.243 e. The average molecular weight is 520 g/mol. The molecule has 1 atom stereocenters. The summed E-state index contributed by atoms with van der Waals surface area (Å²) in [5.74, 6) is 0.575. The largest absolute Gasteiger partial charge is 0.492 e. The van der Waals surface area contributed by atoms with Crippen molar-refractivity contribution in [2.24, 2.45) is 5.92 Å². The fraction of sp³-hybridized carbons (Fsp3) is 0.500. The lowest BCUT2D eigenvalue weighted by Crippen LogP contribution is -2.43. The molecule has 1 amide bonds. The first kappa shape index (κ1) is 25.9. The first-order chi connectivity index (χ1) is 16.9. The Morgan fingerprint density at radius 3 is 2.49 bits per heavy atom. The number of hydrogen-bond donors (Lipinski definition) is 1. The van der Waals surface area contributed by atoms with Crippen LogP contribution in [0.3, 0.4) is 0 Å². The van der Waals surface area contributed by atoms with Crippen LogP contribution in [0.2, 0.25) is 5.02 Å². The predicted octanol–water partition coefficient (Wildman–Crippen LogP) is 3.92. The molecule has 2 aromatic carbocycles. The molecule has 0 aliphatic carbocycles. The quantitative estimate of drug-likeness (QED) is 0.508. The maximum atomic E-state index is 12.8. The van der Waals surface area contributed by atoms with Crippen molar-refractivity contribution >= 4 is 27.5 Å². The molecule has 35 heavy (non-hydrogen) atoms. The van der Waals surface area contributed by atoms with E-state index in [0.717, 1.165) is 55.8 Å². The van der Waals surface area contributed by atoms with Crippen molar-refractivity contribution in [1.29, 1.82) is 0 Å². The summed E-state index contributed by atoms with van der Waals surface area (Å²) in [5, 5.41) is 3.74. The molecule has 2 aliphatic rings. The molecule has 0 radical (unpaired) electrons. The monoisotopic (exact) mass is 519 g/mol. The molecule has 4 rings (SSSR count). The van der Waals surface area contributed by atoms with E-state index in [1.807, 2.05) is 24.3 Å². The summed E-state index contributed by atoms with van der Waals surface area (Å²) >= 11 is 6.29. The topological polar surface area (TPSA) is 78.9 Å². The van der Waals surface area contributed by atoms with Gasteiger partial charge >= 0.3 is 0 Å². The average Bonchev–Trinajstić information content (AvgIpc) is 2.89. The number of likely N-dealkylation sites (tertiary alicyclic amines) is 1. The Balaban J connectivity index is 1.20. The van der Waals surface area contributed by atoms with Crippen LogP contribution in [0, 0.1) is 5.92 Å². The van der Waals surface area contributed by atoms with E-state index in [0.29, 0.717) is 43.4 Å². The zero-order valence-corrected chi connectivity index (χ0v) is 21.6. The van der Waals surface area contributed by atoms with Gasteiger partial charge in [-0.1, -0.05) is 36.2 Å². The molecule has 0 saturated carbocycles. The van der Waals surface area contributed by atoms with Crippen LogP contribution in [0.5, 0.6) is 5.75 Å². The van der Waals surface area contributed by atoms with E-state index in [-0.39, 0.29) is 11.8 Å². The molecular formula is C26H34ClN3O4S. The predicted molar refractivity (Wildman–Crippen MR) is 137 cm³/mol. The van der Waals surface area contributed by atoms with Gasteiger partial charge < -0.3 is 10.1 Å². The minimum atomic E-state index is -3.45. The summed E-state index contributed by atoms with van der Waals surface area (Å²) in [7, 11) is -3.45. The van der Waals surface area contributed by atoms with Crippen molar-refractivity contribution in [3.8, 4) is 5.75 Å². The third-order valence-electron chi connectivity index (χ3n) is 6.67. The highest BCUT2D eigenvalue weighted by molar-refractivity contribution is 7.89. The molecule has 2 saturated heterocycles. The molecule has 2 aromatic rings. The minimum Gasteiger partial charge on any atom is -0.492 e. The molecule has 190 valence electrons. The second-order valence-corrected chi connectivity index (χ2v) is 11.6. The zero-order chi connectivity index (χ0) is 24.7. The van der Waals surface area contributed by atoms with Crippen LogP contribution in [0.1, 0.15) is 37.7 Å². The van der Waals surface area contributed by atoms with Crippen molar-refractivity contribution < 1.29 is 17.9 Å². The smallest absolute Gasteiger partial charge is 0.243 e. The Morgan fingerprint density at radius 2 is 1.74 bits per heavy atom. The molecule has 7 nitrogen and oxygen atoms in total. The molecule has 0 unspecified atom stereocenters. The van der Waals surface area contributed by atoms with Crippen LogP contribution in [-0.4, -0.2) is 62.9 Å². The summed E-state index contributed by atoms with van der Waals surface area (Å²) < 4.78 is 32.8. The number of piperidine rings is 2. The minimum absolute atomic E-state index is 0.0421. The Morgan fingerprint density at radius 1 is 1.00 bits per heavy atom. The highest BCUT2D eigenvalue weighted by atomic mass is 35.5. The third-order valence-corrected chi connectivity index (χ3v) is 8.96. The van der Waals surface area contributed by atoms with Gasteiger partial charge in [-0.05, 0) is 68.1 Å². The number of nitrogens with zero attached hydrogens (tertiary/aromatic N) is 2. The van der Waals surface area contributed by atoms with Gasteiger partial charge in [0.05, 0.1) is 17.4 Å². The van der Waals surface area contributed by atoms with Gasteiger partial charge in [-0.25, -0.2) is 8.42 Å². The van der Waals surface area contributed by atoms with Gasteiger partial charge in [0.15, 0.2) is 0 Å². The number of benzene rings is 2. The lowest BCUT2D eigenvalue weighted by Gasteiger charge is -2.32. The van der Waals surface area contributed by atoms with Crippen molar-refractivity contribution in [2.45, 2.75) is 43.5 Å². The fourth-order valence-electron chi connectivity index (χ4n) is 4.73. The van der Waals surface area contributed by atoms with E-state index in [9.17, 15) is 13.2 Å². The second kappa shape index (κ2) is 12.2. The molecule has 0 aromatic heterocycles. The molecule has 2 heterocycles. The van der Waals surface area contributed by atoms with Gasteiger partial charge in [-0.2, -0.15) is 4.31 Å². The number of carbonyl (C=O) groups is 1. The Bertz CT molecular complexity index is 1090. The van der Waals surface area contributed by atoms with E-state index in [2.05, 4.69) is 10.2 Å².